The number of carbonyl (C=O) groups is 1. The molecule has 7 nitrogen and oxygen atoms in total. The van der Waals surface area contributed by atoms with E-state index in [-0.39, 0.29) is 18.8 Å². The maximum atomic E-state index is 13.8. The molecular formula is C31H26Cl2N2O5S. The van der Waals surface area contributed by atoms with E-state index in [1.165, 1.54) is 11.3 Å². The number of thiazole rings is 1. The molecule has 0 spiro atoms. The number of fused-ring (bicyclic) bond motifs is 1. The topological polar surface area (TPSA) is 79.1 Å². The molecule has 0 bridgehead atoms. The highest BCUT2D eigenvalue weighted by atomic mass is 35.5. The van der Waals surface area contributed by atoms with Crippen molar-refractivity contribution in [3.05, 3.63) is 124 Å². The predicted octanol–water partition coefficient (Wildman–Crippen LogP) is 5.69. The Hall–Kier alpha value is -3.85. The van der Waals surface area contributed by atoms with Gasteiger partial charge in [-0.05, 0) is 67.4 Å². The lowest BCUT2D eigenvalue weighted by Crippen LogP contribution is -2.39. The number of ether oxygens (including phenoxy) is 3. The standard InChI is InChI=1S/C31H26Cl2N2O5S/c1-4-39-30(37)27-18(2)34-31-35(28(27)20-9-12-23(38-3)13-10-20)29(36)26(41-31)15-19-6-5-7-24(14-19)40-17-21-8-11-22(32)16-25(21)33/h5-16,28H,4,17H2,1-3H3. The first-order chi connectivity index (χ1) is 19.8. The van der Waals surface area contributed by atoms with Gasteiger partial charge in [0.2, 0.25) is 0 Å². The minimum atomic E-state index is -0.697. The van der Waals surface area contributed by atoms with Crippen LogP contribution in [0, 0.1) is 0 Å². The largest absolute Gasteiger partial charge is 0.497 e. The molecule has 1 aliphatic rings. The summed E-state index contributed by atoms with van der Waals surface area (Å²) in [6, 6.07) is 19.2. The summed E-state index contributed by atoms with van der Waals surface area (Å²) in [5, 5.41) is 1.08. The smallest absolute Gasteiger partial charge is 0.338 e. The van der Waals surface area contributed by atoms with E-state index in [0.717, 1.165) is 16.7 Å². The molecule has 0 radical (unpaired) electrons. The Morgan fingerprint density at radius 1 is 1.07 bits per heavy atom. The fraction of sp³-hybridized carbons (Fsp3) is 0.194. The summed E-state index contributed by atoms with van der Waals surface area (Å²) in [6.45, 7) is 3.97. The average molecular weight is 610 g/mol. The highest BCUT2D eigenvalue weighted by Gasteiger charge is 2.33. The van der Waals surface area contributed by atoms with Crippen molar-refractivity contribution in [2.45, 2.75) is 26.5 Å². The molecule has 0 fully saturated rings. The molecule has 0 aliphatic carbocycles. The highest BCUT2D eigenvalue weighted by Crippen LogP contribution is 2.31. The van der Waals surface area contributed by atoms with Crippen molar-refractivity contribution in [2.75, 3.05) is 13.7 Å². The first-order valence-corrected chi connectivity index (χ1v) is 14.4. The van der Waals surface area contributed by atoms with Gasteiger partial charge < -0.3 is 14.2 Å². The highest BCUT2D eigenvalue weighted by molar-refractivity contribution is 7.07. The third-order valence-corrected chi connectivity index (χ3v) is 8.08. The Morgan fingerprint density at radius 3 is 2.56 bits per heavy atom. The molecule has 0 saturated carbocycles. The Bertz CT molecular complexity index is 1830. The van der Waals surface area contributed by atoms with Crippen molar-refractivity contribution in [2.24, 2.45) is 4.99 Å². The monoisotopic (exact) mass is 608 g/mol. The van der Waals surface area contributed by atoms with Gasteiger partial charge in [-0.3, -0.25) is 9.36 Å². The summed E-state index contributed by atoms with van der Waals surface area (Å²) < 4.78 is 18.6. The van der Waals surface area contributed by atoms with Gasteiger partial charge >= 0.3 is 5.97 Å². The fourth-order valence-corrected chi connectivity index (χ4v) is 6.05. The number of benzene rings is 3. The quantitative estimate of drug-likeness (QED) is 0.240. The Morgan fingerprint density at radius 2 is 1.85 bits per heavy atom. The van der Waals surface area contributed by atoms with E-state index in [2.05, 4.69) is 4.99 Å². The number of hydrogen-bond donors (Lipinski definition) is 0. The second kappa shape index (κ2) is 12.3. The summed E-state index contributed by atoms with van der Waals surface area (Å²) in [7, 11) is 1.58. The molecule has 3 aromatic carbocycles. The van der Waals surface area contributed by atoms with E-state index >= 15 is 0 Å². The van der Waals surface area contributed by atoms with Gasteiger partial charge in [0.15, 0.2) is 4.80 Å². The zero-order valence-corrected chi connectivity index (χ0v) is 24.8. The average Bonchev–Trinajstić information content (AvgIpc) is 3.26. The maximum absolute atomic E-state index is 13.8. The summed E-state index contributed by atoms with van der Waals surface area (Å²) >= 11 is 13.5. The summed E-state index contributed by atoms with van der Waals surface area (Å²) in [4.78, 5) is 32.0. The van der Waals surface area contributed by atoms with Crippen LogP contribution in [0.5, 0.6) is 11.5 Å². The zero-order valence-electron chi connectivity index (χ0n) is 22.5. The Kier molecular flexibility index (Phi) is 8.63. The minimum Gasteiger partial charge on any atom is -0.497 e. The Balaban J connectivity index is 1.53. The number of halogens is 2. The number of esters is 1. The lowest BCUT2D eigenvalue weighted by molar-refractivity contribution is -0.139. The number of nitrogens with zero attached hydrogens (tertiary/aromatic N) is 2. The normalized spacial score (nSPS) is 14.9. The SMILES string of the molecule is CCOC(=O)C1=C(C)N=c2sc(=Cc3cccc(OCc4ccc(Cl)cc4Cl)c3)c(=O)n2C1c1ccc(OC)cc1. The van der Waals surface area contributed by atoms with Gasteiger partial charge in [0.25, 0.3) is 5.56 Å². The third-order valence-electron chi connectivity index (χ3n) is 6.51. The van der Waals surface area contributed by atoms with Crippen LogP contribution in [0.4, 0.5) is 0 Å². The molecular weight excluding hydrogens is 583 g/mol. The van der Waals surface area contributed by atoms with Gasteiger partial charge in [0.1, 0.15) is 18.1 Å². The second-order valence-electron chi connectivity index (χ2n) is 9.17. The lowest BCUT2D eigenvalue weighted by atomic mass is 9.96. The Labute approximate surface area is 250 Å². The van der Waals surface area contributed by atoms with Gasteiger partial charge in [-0.25, -0.2) is 9.79 Å². The van der Waals surface area contributed by atoms with E-state index in [0.29, 0.717) is 42.1 Å². The zero-order chi connectivity index (χ0) is 29.1. The number of carbonyl (C=O) groups excluding carboxylic acids is 1. The number of methoxy groups -OCH3 is 1. The van der Waals surface area contributed by atoms with Crippen LogP contribution in [-0.4, -0.2) is 24.3 Å². The van der Waals surface area contributed by atoms with E-state index in [4.69, 9.17) is 37.4 Å². The van der Waals surface area contributed by atoms with Crippen LogP contribution >= 0.6 is 34.5 Å². The number of allylic oxidation sites excluding steroid dienone is 1. The molecule has 0 N–H and O–H groups in total. The number of aromatic nitrogens is 1. The van der Waals surface area contributed by atoms with Gasteiger partial charge in [-0.2, -0.15) is 0 Å². The summed E-state index contributed by atoms with van der Waals surface area (Å²) in [6.07, 6.45) is 1.79. The van der Waals surface area contributed by atoms with Crippen LogP contribution in [-0.2, 0) is 16.1 Å². The van der Waals surface area contributed by atoms with Gasteiger partial charge in [0.05, 0.1) is 35.6 Å². The van der Waals surface area contributed by atoms with Crippen LogP contribution in [0.3, 0.4) is 0 Å². The predicted molar refractivity (Wildman–Crippen MR) is 161 cm³/mol. The summed E-state index contributed by atoms with van der Waals surface area (Å²) in [5.41, 5.74) is 2.90. The molecule has 0 amide bonds. The van der Waals surface area contributed by atoms with Crippen molar-refractivity contribution >= 4 is 46.6 Å². The van der Waals surface area contributed by atoms with Gasteiger partial charge in [0, 0.05) is 15.6 Å². The molecule has 210 valence electrons. The minimum absolute atomic E-state index is 0.206. The molecule has 1 atom stereocenters. The molecule has 10 heteroatoms. The van der Waals surface area contributed by atoms with Crippen LogP contribution in [0.25, 0.3) is 6.08 Å². The summed E-state index contributed by atoms with van der Waals surface area (Å²) in [5.74, 6) is 0.781. The molecule has 1 unspecified atom stereocenters. The van der Waals surface area contributed by atoms with Crippen molar-refractivity contribution in [1.29, 1.82) is 0 Å². The van der Waals surface area contributed by atoms with Crippen LogP contribution in [0.1, 0.15) is 36.6 Å². The molecule has 41 heavy (non-hydrogen) atoms. The van der Waals surface area contributed by atoms with Crippen LogP contribution in [0.2, 0.25) is 10.0 Å². The molecule has 4 aromatic rings. The maximum Gasteiger partial charge on any atom is 0.338 e. The van der Waals surface area contributed by atoms with E-state index in [1.54, 1.807) is 55.9 Å². The van der Waals surface area contributed by atoms with Crippen molar-refractivity contribution in [1.82, 2.24) is 4.57 Å². The first-order valence-electron chi connectivity index (χ1n) is 12.8. The number of rotatable bonds is 8. The molecule has 2 heterocycles. The first kappa shape index (κ1) is 28.7. The fourth-order valence-electron chi connectivity index (χ4n) is 4.54. The van der Waals surface area contributed by atoms with E-state index in [9.17, 15) is 9.59 Å². The molecule has 5 rings (SSSR count). The number of hydrogen-bond acceptors (Lipinski definition) is 7. The van der Waals surface area contributed by atoms with Crippen molar-refractivity contribution in [3.63, 3.8) is 0 Å². The third kappa shape index (κ3) is 6.10. The van der Waals surface area contributed by atoms with Crippen molar-refractivity contribution < 1.29 is 19.0 Å². The van der Waals surface area contributed by atoms with Crippen molar-refractivity contribution in [3.8, 4) is 11.5 Å². The lowest BCUT2D eigenvalue weighted by Gasteiger charge is -2.24. The molecule has 0 saturated heterocycles. The van der Waals surface area contributed by atoms with Gasteiger partial charge in [-0.1, -0.05) is 64.9 Å². The van der Waals surface area contributed by atoms with Gasteiger partial charge in [-0.15, -0.1) is 0 Å². The van der Waals surface area contributed by atoms with Crippen LogP contribution < -0.4 is 24.4 Å². The molecule has 1 aromatic heterocycles. The molecule has 1 aliphatic heterocycles. The van der Waals surface area contributed by atoms with E-state index < -0.39 is 12.0 Å². The van der Waals surface area contributed by atoms with Crippen LogP contribution in [0.15, 0.2) is 87.8 Å². The second-order valence-corrected chi connectivity index (χ2v) is 11.0. The van der Waals surface area contributed by atoms with E-state index in [1.807, 2.05) is 42.5 Å².